The number of phenolic OH excluding ortho intramolecular Hbond substituents is 1. The van der Waals surface area contributed by atoms with Crippen LogP contribution in [0.15, 0.2) is 42.5 Å². The number of rotatable bonds is 4. The number of carbonyl (C=O) groups excluding carboxylic acids is 1. The minimum atomic E-state index is -0.399. The van der Waals surface area contributed by atoms with Crippen molar-refractivity contribution in [1.82, 2.24) is 0 Å². The summed E-state index contributed by atoms with van der Waals surface area (Å²) in [6, 6.07) is 12.3. The van der Waals surface area contributed by atoms with Gasteiger partial charge in [-0.3, -0.25) is 4.79 Å². The van der Waals surface area contributed by atoms with E-state index in [0.29, 0.717) is 11.4 Å². The Hall–Kier alpha value is -2.49. The molecule has 2 aromatic carbocycles. The highest BCUT2D eigenvalue weighted by atomic mass is 16.5. The first-order valence-corrected chi connectivity index (χ1v) is 6.42. The molecule has 2 aromatic rings. The van der Waals surface area contributed by atoms with Gasteiger partial charge in [-0.15, -0.1) is 0 Å². The molecular weight excluding hydrogens is 254 g/mol. The average Bonchev–Trinajstić information content (AvgIpc) is 2.47. The smallest absolute Gasteiger partial charge is 0.263 e. The Morgan fingerprint density at radius 2 is 1.90 bits per heavy atom. The first-order valence-electron chi connectivity index (χ1n) is 6.42. The fourth-order valence-electron chi connectivity index (χ4n) is 1.94. The molecule has 0 spiro atoms. The number of anilines is 1. The first kappa shape index (κ1) is 13.9. The van der Waals surface area contributed by atoms with Gasteiger partial charge in [0.2, 0.25) is 0 Å². The minimum Gasteiger partial charge on any atom is -0.507 e. The van der Waals surface area contributed by atoms with Crippen LogP contribution < -0.4 is 10.1 Å². The summed E-state index contributed by atoms with van der Waals surface area (Å²) in [5.74, 6) is -0.163. The molecule has 0 bridgehead atoms. The van der Waals surface area contributed by atoms with E-state index >= 15 is 0 Å². The molecule has 0 atom stereocenters. The zero-order valence-corrected chi connectivity index (χ0v) is 11.5. The molecule has 4 nitrogen and oxygen atoms in total. The SMILES string of the molecule is CCc1ccc(NC(=O)c2c(O)cccc2OC)cc1. The molecule has 0 aromatic heterocycles. The molecule has 1 amide bonds. The van der Waals surface area contributed by atoms with Gasteiger partial charge in [-0.1, -0.05) is 25.1 Å². The Morgan fingerprint density at radius 3 is 2.50 bits per heavy atom. The Balaban J connectivity index is 2.23. The van der Waals surface area contributed by atoms with E-state index in [9.17, 15) is 9.90 Å². The van der Waals surface area contributed by atoms with Crippen molar-refractivity contribution < 1.29 is 14.6 Å². The molecule has 104 valence electrons. The maximum atomic E-state index is 12.2. The van der Waals surface area contributed by atoms with Crippen LogP contribution in [0.5, 0.6) is 11.5 Å². The van der Waals surface area contributed by atoms with Crippen LogP contribution in [0.2, 0.25) is 0 Å². The van der Waals surface area contributed by atoms with Crippen LogP contribution in [0.1, 0.15) is 22.8 Å². The lowest BCUT2D eigenvalue weighted by Gasteiger charge is -2.11. The van der Waals surface area contributed by atoms with Gasteiger partial charge in [-0.25, -0.2) is 0 Å². The van der Waals surface area contributed by atoms with Crippen LogP contribution in [-0.4, -0.2) is 18.1 Å². The number of phenols is 1. The van der Waals surface area contributed by atoms with Crippen molar-refractivity contribution in [2.45, 2.75) is 13.3 Å². The zero-order chi connectivity index (χ0) is 14.5. The standard InChI is InChI=1S/C16H17NO3/c1-3-11-7-9-12(10-8-11)17-16(19)15-13(18)5-4-6-14(15)20-2/h4-10,18H,3H2,1-2H3,(H,17,19). The van der Waals surface area contributed by atoms with Crippen molar-refractivity contribution in [2.75, 3.05) is 12.4 Å². The van der Waals surface area contributed by atoms with E-state index < -0.39 is 5.91 Å². The van der Waals surface area contributed by atoms with Crippen LogP contribution in [0.3, 0.4) is 0 Å². The zero-order valence-electron chi connectivity index (χ0n) is 11.5. The van der Waals surface area contributed by atoms with Gasteiger partial charge in [0.05, 0.1) is 7.11 Å². The predicted octanol–water partition coefficient (Wildman–Crippen LogP) is 3.22. The minimum absolute atomic E-state index is 0.105. The van der Waals surface area contributed by atoms with Gasteiger partial charge in [-0.2, -0.15) is 0 Å². The number of hydrogen-bond acceptors (Lipinski definition) is 3. The second-order valence-corrected chi connectivity index (χ2v) is 4.36. The molecule has 0 fully saturated rings. The monoisotopic (exact) mass is 271 g/mol. The van der Waals surface area contributed by atoms with Gasteiger partial charge in [0, 0.05) is 5.69 Å². The van der Waals surface area contributed by atoms with Crippen molar-refractivity contribution in [3.05, 3.63) is 53.6 Å². The van der Waals surface area contributed by atoms with Crippen molar-refractivity contribution in [2.24, 2.45) is 0 Å². The molecule has 0 aliphatic rings. The molecule has 0 aliphatic heterocycles. The second-order valence-electron chi connectivity index (χ2n) is 4.36. The Morgan fingerprint density at radius 1 is 1.20 bits per heavy atom. The van der Waals surface area contributed by atoms with E-state index in [1.54, 1.807) is 12.1 Å². The van der Waals surface area contributed by atoms with Crippen LogP contribution in [-0.2, 0) is 6.42 Å². The summed E-state index contributed by atoms with van der Waals surface area (Å²) in [7, 11) is 1.46. The molecule has 4 heteroatoms. The van der Waals surface area contributed by atoms with Gasteiger partial charge in [0.15, 0.2) is 0 Å². The normalized spacial score (nSPS) is 10.1. The van der Waals surface area contributed by atoms with Gasteiger partial charge < -0.3 is 15.2 Å². The summed E-state index contributed by atoms with van der Waals surface area (Å²) in [6.45, 7) is 2.07. The van der Waals surface area contributed by atoms with Gasteiger partial charge in [0.1, 0.15) is 17.1 Å². The number of aryl methyl sites for hydroxylation is 1. The lowest BCUT2D eigenvalue weighted by molar-refractivity contribution is 0.102. The number of amides is 1. The maximum absolute atomic E-state index is 12.2. The van der Waals surface area contributed by atoms with Gasteiger partial charge >= 0.3 is 0 Å². The van der Waals surface area contributed by atoms with E-state index in [4.69, 9.17) is 4.74 Å². The summed E-state index contributed by atoms with van der Waals surface area (Å²) in [5, 5.41) is 12.6. The van der Waals surface area contributed by atoms with Crippen molar-refractivity contribution in [1.29, 1.82) is 0 Å². The fourth-order valence-corrected chi connectivity index (χ4v) is 1.94. The van der Waals surface area contributed by atoms with Crippen LogP contribution in [0.25, 0.3) is 0 Å². The Kier molecular flexibility index (Phi) is 4.25. The third-order valence-corrected chi connectivity index (χ3v) is 3.07. The Bertz CT molecular complexity index is 606. The van der Waals surface area contributed by atoms with E-state index in [0.717, 1.165) is 6.42 Å². The highest BCUT2D eigenvalue weighted by Gasteiger charge is 2.17. The molecule has 0 heterocycles. The second kappa shape index (κ2) is 6.10. The lowest BCUT2D eigenvalue weighted by atomic mass is 10.1. The third kappa shape index (κ3) is 2.91. The van der Waals surface area contributed by atoms with E-state index in [-0.39, 0.29) is 11.3 Å². The van der Waals surface area contributed by atoms with E-state index in [1.807, 2.05) is 24.3 Å². The molecule has 2 rings (SSSR count). The molecule has 0 saturated heterocycles. The number of nitrogens with one attached hydrogen (secondary N) is 1. The third-order valence-electron chi connectivity index (χ3n) is 3.07. The van der Waals surface area contributed by atoms with Gasteiger partial charge in [-0.05, 0) is 36.2 Å². The van der Waals surface area contributed by atoms with Crippen LogP contribution >= 0.6 is 0 Å². The Labute approximate surface area is 118 Å². The molecule has 2 N–H and O–H groups in total. The summed E-state index contributed by atoms with van der Waals surface area (Å²) >= 11 is 0. The largest absolute Gasteiger partial charge is 0.507 e. The van der Waals surface area contributed by atoms with Gasteiger partial charge in [0.25, 0.3) is 5.91 Å². The predicted molar refractivity (Wildman–Crippen MR) is 78.4 cm³/mol. The first-order chi connectivity index (χ1) is 9.65. The van der Waals surface area contributed by atoms with E-state index in [2.05, 4.69) is 12.2 Å². The maximum Gasteiger partial charge on any atom is 0.263 e. The number of benzene rings is 2. The quantitative estimate of drug-likeness (QED) is 0.897. The molecule has 0 saturated carbocycles. The molecule has 0 unspecified atom stereocenters. The number of hydrogen-bond donors (Lipinski definition) is 2. The van der Waals surface area contributed by atoms with E-state index in [1.165, 1.54) is 18.7 Å². The number of methoxy groups -OCH3 is 1. The lowest BCUT2D eigenvalue weighted by Crippen LogP contribution is -2.13. The molecule has 0 radical (unpaired) electrons. The summed E-state index contributed by atoms with van der Waals surface area (Å²) in [4.78, 5) is 12.2. The molecular formula is C16H17NO3. The summed E-state index contributed by atoms with van der Waals surface area (Å²) < 4.78 is 5.10. The number of carbonyl (C=O) groups is 1. The molecule has 20 heavy (non-hydrogen) atoms. The average molecular weight is 271 g/mol. The van der Waals surface area contributed by atoms with Crippen LogP contribution in [0.4, 0.5) is 5.69 Å². The summed E-state index contributed by atoms with van der Waals surface area (Å²) in [6.07, 6.45) is 0.946. The highest BCUT2D eigenvalue weighted by Crippen LogP contribution is 2.28. The fraction of sp³-hybridized carbons (Fsp3) is 0.188. The number of ether oxygens (including phenoxy) is 1. The van der Waals surface area contributed by atoms with Crippen LogP contribution in [0, 0.1) is 0 Å². The topological polar surface area (TPSA) is 58.6 Å². The van der Waals surface area contributed by atoms with Crippen molar-refractivity contribution >= 4 is 11.6 Å². The highest BCUT2D eigenvalue weighted by molar-refractivity contribution is 6.08. The molecule has 0 aliphatic carbocycles. The number of aromatic hydroxyl groups is 1. The van der Waals surface area contributed by atoms with Crippen molar-refractivity contribution in [3.63, 3.8) is 0 Å². The summed E-state index contributed by atoms with van der Waals surface area (Å²) in [5.41, 5.74) is 2.01. The van der Waals surface area contributed by atoms with Crippen molar-refractivity contribution in [3.8, 4) is 11.5 Å².